The zero-order chi connectivity index (χ0) is 12.2. The number of halogens is 1. The monoisotopic (exact) mass is 286 g/mol. The van der Waals surface area contributed by atoms with E-state index in [0.29, 0.717) is 19.3 Å². The topological polar surface area (TPSA) is 40.5 Å². The van der Waals surface area contributed by atoms with Crippen molar-refractivity contribution in [2.75, 3.05) is 0 Å². The maximum Gasteiger partial charge on any atom is 0.0903 e. The average molecular weight is 287 g/mol. The lowest BCUT2D eigenvalue weighted by Gasteiger charge is -2.31. The van der Waals surface area contributed by atoms with Crippen LogP contribution < -0.4 is 0 Å². The summed E-state index contributed by atoms with van der Waals surface area (Å²) in [6.45, 7) is 3.79. The van der Waals surface area contributed by atoms with Crippen molar-refractivity contribution in [3.63, 3.8) is 0 Å². The van der Waals surface area contributed by atoms with E-state index in [1.807, 2.05) is 38.1 Å². The first kappa shape index (κ1) is 13.7. The van der Waals surface area contributed by atoms with Gasteiger partial charge in [0.1, 0.15) is 0 Å². The maximum absolute atomic E-state index is 10.2. The quantitative estimate of drug-likeness (QED) is 0.874. The van der Waals surface area contributed by atoms with E-state index in [4.69, 9.17) is 0 Å². The first-order valence-corrected chi connectivity index (χ1v) is 6.46. The van der Waals surface area contributed by atoms with Gasteiger partial charge in [0.2, 0.25) is 0 Å². The van der Waals surface area contributed by atoms with Crippen molar-refractivity contribution >= 4 is 15.9 Å². The van der Waals surface area contributed by atoms with E-state index in [-0.39, 0.29) is 0 Å². The van der Waals surface area contributed by atoms with Gasteiger partial charge >= 0.3 is 0 Å². The number of hydrogen-bond acceptors (Lipinski definition) is 2. The standard InChI is InChI=1S/C13H19BrO2/c1-3-13(16,4-2)12(15)9-10-6-5-7-11(14)8-10/h5-8,12,15-16H,3-4,9H2,1-2H3. The molecule has 0 saturated carbocycles. The third-order valence-corrected chi connectivity index (χ3v) is 3.66. The molecule has 0 bridgehead atoms. The van der Waals surface area contributed by atoms with Crippen LogP contribution in [0.1, 0.15) is 32.3 Å². The molecular weight excluding hydrogens is 268 g/mol. The highest BCUT2D eigenvalue weighted by atomic mass is 79.9. The fourth-order valence-corrected chi connectivity index (χ4v) is 2.25. The summed E-state index contributed by atoms with van der Waals surface area (Å²) in [6.07, 6.45) is 0.909. The van der Waals surface area contributed by atoms with Gasteiger partial charge in [-0.1, -0.05) is 41.9 Å². The van der Waals surface area contributed by atoms with Gasteiger partial charge in [-0.2, -0.15) is 0 Å². The fraction of sp³-hybridized carbons (Fsp3) is 0.538. The van der Waals surface area contributed by atoms with Gasteiger partial charge in [0, 0.05) is 10.9 Å². The molecule has 0 heterocycles. The molecule has 1 aromatic carbocycles. The minimum atomic E-state index is -0.970. The first-order valence-electron chi connectivity index (χ1n) is 5.66. The van der Waals surface area contributed by atoms with Crippen LogP contribution in [0.3, 0.4) is 0 Å². The van der Waals surface area contributed by atoms with E-state index in [9.17, 15) is 10.2 Å². The Bertz CT molecular complexity index is 334. The van der Waals surface area contributed by atoms with E-state index in [2.05, 4.69) is 15.9 Å². The van der Waals surface area contributed by atoms with Crippen LogP contribution in [-0.2, 0) is 6.42 Å². The summed E-state index contributed by atoms with van der Waals surface area (Å²) < 4.78 is 0.994. The summed E-state index contributed by atoms with van der Waals surface area (Å²) in [5.74, 6) is 0. The minimum absolute atomic E-state index is 0.484. The molecular formula is C13H19BrO2. The zero-order valence-electron chi connectivity index (χ0n) is 9.78. The van der Waals surface area contributed by atoms with Crippen LogP contribution in [0.25, 0.3) is 0 Å². The normalized spacial score (nSPS) is 13.8. The summed E-state index contributed by atoms with van der Waals surface area (Å²) in [7, 11) is 0. The third kappa shape index (κ3) is 3.30. The zero-order valence-corrected chi connectivity index (χ0v) is 11.4. The molecule has 16 heavy (non-hydrogen) atoms. The van der Waals surface area contributed by atoms with Gasteiger partial charge in [0.15, 0.2) is 0 Å². The molecule has 1 unspecified atom stereocenters. The molecule has 0 fully saturated rings. The minimum Gasteiger partial charge on any atom is -0.390 e. The first-order chi connectivity index (χ1) is 7.51. The van der Waals surface area contributed by atoms with E-state index in [1.165, 1.54) is 0 Å². The second kappa shape index (κ2) is 5.80. The predicted octanol–water partition coefficient (Wildman–Crippen LogP) is 2.90. The van der Waals surface area contributed by atoms with Gasteiger partial charge in [0.05, 0.1) is 11.7 Å². The molecule has 3 heteroatoms. The Morgan fingerprint density at radius 2 is 1.94 bits per heavy atom. The smallest absolute Gasteiger partial charge is 0.0903 e. The molecule has 0 aliphatic rings. The van der Waals surface area contributed by atoms with E-state index >= 15 is 0 Å². The van der Waals surface area contributed by atoms with E-state index in [0.717, 1.165) is 10.0 Å². The lowest BCUT2D eigenvalue weighted by atomic mass is 9.87. The third-order valence-electron chi connectivity index (χ3n) is 3.16. The molecule has 90 valence electrons. The lowest BCUT2D eigenvalue weighted by molar-refractivity contribution is -0.0790. The highest BCUT2D eigenvalue weighted by Gasteiger charge is 2.31. The van der Waals surface area contributed by atoms with E-state index < -0.39 is 11.7 Å². The highest BCUT2D eigenvalue weighted by molar-refractivity contribution is 9.10. The molecule has 1 aromatic rings. The van der Waals surface area contributed by atoms with E-state index in [1.54, 1.807) is 0 Å². The molecule has 0 radical (unpaired) electrons. The predicted molar refractivity (Wildman–Crippen MR) is 69.4 cm³/mol. The molecule has 2 nitrogen and oxygen atoms in total. The molecule has 0 amide bonds. The maximum atomic E-state index is 10.2. The van der Waals surface area contributed by atoms with Crippen LogP contribution in [0.4, 0.5) is 0 Å². The van der Waals surface area contributed by atoms with Crippen molar-refractivity contribution in [1.82, 2.24) is 0 Å². The molecule has 0 spiro atoms. The van der Waals surface area contributed by atoms with Crippen molar-refractivity contribution in [3.05, 3.63) is 34.3 Å². The molecule has 0 aliphatic heterocycles. The van der Waals surface area contributed by atoms with Crippen molar-refractivity contribution < 1.29 is 10.2 Å². The van der Waals surface area contributed by atoms with Crippen molar-refractivity contribution in [2.45, 2.75) is 44.8 Å². The highest BCUT2D eigenvalue weighted by Crippen LogP contribution is 2.23. The molecule has 2 N–H and O–H groups in total. The average Bonchev–Trinajstić information content (AvgIpc) is 2.28. The van der Waals surface area contributed by atoms with Crippen LogP contribution in [0.15, 0.2) is 28.7 Å². The molecule has 1 atom stereocenters. The van der Waals surface area contributed by atoms with Crippen molar-refractivity contribution in [3.8, 4) is 0 Å². The van der Waals surface area contributed by atoms with Gasteiger partial charge in [-0.05, 0) is 30.5 Å². The Kier molecular flexibility index (Phi) is 4.96. The van der Waals surface area contributed by atoms with Crippen LogP contribution in [-0.4, -0.2) is 21.9 Å². The van der Waals surface area contributed by atoms with Crippen LogP contribution in [0.5, 0.6) is 0 Å². The number of aliphatic hydroxyl groups excluding tert-OH is 1. The molecule has 1 rings (SSSR count). The number of rotatable bonds is 5. The SMILES string of the molecule is CCC(O)(CC)C(O)Cc1cccc(Br)c1. The van der Waals surface area contributed by atoms with Gasteiger partial charge in [0.25, 0.3) is 0 Å². The number of aliphatic hydroxyl groups is 2. The molecule has 0 saturated heterocycles. The molecule has 0 aliphatic carbocycles. The van der Waals surface area contributed by atoms with Crippen LogP contribution in [0, 0.1) is 0 Å². The molecule has 0 aromatic heterocycles. The fourth-order valence-electron chi connectivity index (χ4n) is 1.80. The van der Waals surface area contributed by atoms with Crippen molar-refractivity contribution in [1.29, 1.82) is 0 Å². The summed E-state index contributed by atoms with van der Waals surface area (Å²) in [5, 5.41) is 20.2. The lowest BCUT2D eigenvalue weighted by Crippen LogP contribution is -2.42. The second-order valence-corrected chi connectivity index (χ2v) is 5.08. The Labute approximate surface area is 105 Å². The summed E-state index contributed by atoms with van der Waals surface area (Å²) in [4.78, 5) is 0. The Morgan fingerprint density at radius 1 is 1.31 bits per heavy atom. The van der Waals surface area contributed by atoms with Gasteiger partial charge in [-0.3, -0.25) is 0 Å². The van der Waals surface area contributed by atoms with Crippen LogP contribution >= 0.6 is 15.9 Å². The number of hydrogen-bond donors (Lipinski definition) is 2. The summed E-state index contributed by atoms with van der Waals surface area (Å²) in [6, 6.07) is 7.81. The van der Waals surface area contributed by atoms with Gasteiger partial charge in [-0.15, -0.1) is 0 Å². The Hall–Kier alpha value is -0.380. The second-order valence-electron chi connectivity index (χ2n) is 4.16. The summed E-state index contributed by atoms with van der Waals surface area (Å²) in [5.41, 5.74) is 0.0599. The van der Waals surface area contributed by atoms with Gasteiger partial charge < -0.3 is 10.2 Å². The van der Waals surface area contributed by atoms with Crippen LogP contribution in [0.2, 0.25) is 0 Å². The Balaban J connectivity index is 2.74. The number of benzene rings is 1. The summed E-state index contributed by atoms with van der Waals surface area (Å²) >= 11 is 3.39. The van der Waals surface area contributed by atoms with Crippen molar-refractivity contribution in [2.24, 2.45) is 0 Å². The van der Waals surface area contributed by atoms with Gasteiger partial charge in [-0.25, -0.2) is 0 Å². The largest absolute Gasteiger partial charge is 0.390 e. The Morgan fingerprint density at radius 3 is 2.44 bits per heavy atom.